The molecule has 0 radical (unpaired) electrons. The Labute approximate surface area is 359 Å². The number of benzene rings is 9. The summed E-state index contributed by atoms with van der Waals surface area (Å²) >= 11 is 0. The van der Waals surface area contributed by atoms with E-state index in [2.05, 4.69) is 212 Å². The van der Waals surface area contributed by atoms with E-state index in [1.54, 1.807) is 0 Å². The molecule has 9 aromatic carbocycles. The lowest BCUT2D eigenvalue weighted by Crippen LogP contribution is -2.06. The maximum Gasteiger partial charge on any atom is 0.0491 e. The molecule has 1 atom stereocenters. The topological polar surface area (TPSA) is 4.93 Å². The average molecular weight is 784 g/mol. The van der Waals surface area contributed by atoms with Gasteiger partial charge in [-0.25, -0.2) is 0 Å². The van der Waals surface area contributed by atoms with Gasteiger partial charge in [-0.05, 0) is 151 Å². The van der Waals surface area contributed by atoms with Crippen LogP contribution in [0.3, 0.4) is 0 Å². The zero-order valence-electron chi connectivity index (χ0n) is 34.8. The number of hydrogen-bond donors (Lipinski definition) is 0. The third-order valence-corrected chi connectivity index (χ3v) is 13.4. The molecule has 11 rings (SSSR count). The second-order valence-corrected chi connectivity index (χ2v) is 17.0. The average Bonchev–Trinajstić information content (AvgIpc) is 3.43. The predicted octanol–water partition coefficient (Wildman–Crippen LogP) is 15.8. The van der Waals surface area contributed by atoms with Crippen molar-refractivity contribution in [1.82, 2.24) is 4.57 Å². The molecule has 1 heteroatoms. The van der Waals surface area contributed by atoms with Crippen molar-refractivity contribution in [3.63, 3.8) is 0 Å². The van der Waals surface area contributed by atoms with Crippen molar-refractivity contribution >= 4 is 72.2 Å². The van der Waals surface area contributed by atoms with Crippen LogP contribution in [0.25, 0.3) is 72.2 Å². The van der Waals surface area contributed by atoms with Crippen LogP contribution in [0.2, 0.25) is 0 Å². The first-order valence-electron chi connectivity index (χ1n) is 22.1. The van der Waals surface area contributed by atoms with Crippen molar-refractivity contribution in [3.05, 3.63) is 232 Å². The summed E-state index contributed by atoms with van der Waals surface area (Å²) in [6.45, 7) is 3.21. The van der Waals surface area contributed by atoms with Gasteiger partial charge in [-0.2, -0.15) is 0 Å². The van der Waals surface area contributed by atoms with Crippen LogP contribution >= 0.6 is 0 Å². The second kappa shape index (κ2) is 15.9. The zero-order valence-corrected chi connectivity index (χ0v) is 34.8. The van der Waals surface area contributed by atoms with Crippen LogP contribution < -0.4 is 0 Å². The molecule has 0 fully saturated rings. The van der Waals surface area contributed by atoms with Crippen LogP contribution in [-0.4, -0.2) is 4.57 Å². The quantitative estimate of drug-likeness (QED) is 0.115. The summed E-state index contributed by atoms with van der Waals surface area (Å²) in [5.41, 5.74) is 13.6. The smallest absolute Gasteiger partial charge is 0.0491 e. The fourth-order valence-electron chi connectivity index (χ4n) is 10.4. The van der Waals surface area contributed by atoms with Crippen molar-refractivity contribution in [2.45, 2.75) is 51.5 Å². The Hall–Kier alpha value is -6.96. The Bertz CT molecular complexity index is 3280. The van der Waals surface area contributed by atoms with E-state index in [1.165, 1.54) is 104 Å². The minimum atomic E-state index is 0.370. The molecule has 1 heterocycles. The first-order valence-corrected chi connectivity index (χ1v) is 22.1. The van der Waals surface area contributed by atoms with Crippen LogP contribution in [0, 0.1) is 0 Å². The summed E-state index contributed by atoms with van der Waals surface area (Å²) < 4.78 is 2.51. The molecule has 0 saturated carbocycles. The maximum atomic E-state index is 2.52. The highest BCUT2D eigenvalue weighted by Crippen LogP contribution is 2.41. The lowest BCUT2D eigenvalue weighted by molar-refractivity contribution is 0.625. The van der Waals surface area contributed by atoms with Crippen LogP contribution in [0.15, 0.2) is 193 Å². The van der Waals surface area contributed by atoms with E-state index < -0.39 is 0 Å². The SMILES string of the molecule is CCn1c2c(c3cc(CCC(Cc4ccccc4)c4ccc5ccc6cccc7ccc4c5c67)ccc31)C=C(C(=Cc1ccccc1)Cc1cccc3ccccc13)CC=C2. The first-order chi connectivity index (χ1) is 30.2. The first kappa shape index (κ1) is 37.1. The van der Waals surface area contributed by atoms with E-state index in [-0.39, 0.29) is 0 Å². The van der Waals surface area contributed by atoms with Gasteiger partial charge >= 0.3 is 0 Å². The third-order valence-electron chi connectivity index (χ3n) is 13.4. The second-order valence-electron chi connectivity index (χ2n) is 17.0. The molecule has 294 valence electrons. The lowest BCUT2D eigenvalue weighted by Gasteiger charge is -2.22. The van der Waals surface area contributed by atoms with Crippen molar-refractivity contribution < 1.29 is 0 Å². The number of aromatic nitrogens is 1. The molecule has 0 bridgehead atoms. The Kier molecular flexibility index (Phi) is 9.66. The third kappa shape index (κ3) is 6.95. The van der Waals surface area contributed by atoms with Crippen LogP contribution in [0.4, 0.5) is 0 Å². The molecule has 0 saturated heterocycles. The van der Waals surface area contributed by atoms with Crippen molar-refractivity contribution in [2.75, 3.05) is 0 Å². The van der Waals surface area contributed by atoms with Gasteiger partial charge in [0.1, 0.15) is 0 Å². The Morgan fingerprint density at radius 1 is 0.607 bits per heavy atom. The molecule has 0 N–H and O–H groups in total. The highest BCUT2D eigenvalue weighted by Gasteiger charge is 2.21. The molecule has 0 spiro atoms. The van der Waals surface area contributed by atoms with Gasteiger partial charge in [0.15, 0.2) is 0 Å². The van der Waals surface area contributed by atoms with Gasteiger partial charge in [-0.1, -0.05) is 176 Å². The highest BCUT2D eigenvalue weighted by molar-refractivity contribution is 6.23. The Morgan fingerprint density at radius 3 is 2.15 bits per heavy atom. The summed E-state index contributed by atoms with van der Waals surface area (Å²) in [7, 11) is 0. The lowest BCUT2D eigenvalue weighted by atomic mass is 9.82. The molecule has 0 amide bonds. The van der Waals surface area contributed by atoms with Gasteiger partial charge in [0, 0.05) is 28.7 Å². The van der Waals surface area contributed by atoms with Crippen LogP contribution in [0.5, 0.6) is 0 Å². The fraction of sp³-hybridized carbons (Fsp3) is 0.133. The fourth-order valence-corrected chi connectivity index (χ4v) is 10.4. The van der Waals surface area contributed by atoms with Crippen LogP contribution in [-0.2, 0) is 25.8 Å². The molecule has 1 nitrogen and oxygen atoms in total. The van der Waals surface area contributed by atoms with Crippen molar-refractivity contribution in [1.29, 1.82) is 0 Å². The number of nitrogens with zero attached hydrogens (tertiary/aromatic N) is 1. The highest BCUT2D eigenvalue weighted by atomic mass is 15.0. The summed E-state index contributed by atoms with van der Waals surface area (Å²) in [6, 6.07) is 65.6. The molecule has 1 aliphatic carbocycles. The molecule has 10 aromatic rings. The molecular formula is C60H49N. The molecular weight excluding hydrogens is 735 g/mol. The number of allylic oxidation sites excluding steroid dienone is 3. The molecule has 61 heavy (non-hydrogen) atoms. The number of rotatable bonds is 11. The van der Waals surface area contributed by atoms with E-state index >= 15 is 0 Å². The van der Waals surface area contributed by atoms with Crippen LogP contribution in [0.1, 0.15) is 64.8 Å². The summed E-state index contributed by atoms with van der Waals surface area (Å²) in [5.74, 6) is 0.370. The van der Waals surface area contributed by atoms with Gasteiger partial charge in [0.25, 0.3) is 0 Å². The van der Waals surface area contributed by atoms with Gasteiger partial charge in [0.2, 0.25) is 0 Å². The van der Waals surface area contributed by atoms with E-state index in [0.29, 0.717) is 5.92 Å². The van der Waals surface area contributed by atoms with Gasteiger partial charge in [-0.15, -0.1) is 0 Å². The van der Waals surface area contributed by atoms with Crippen molar-refractivity contribution in [3.8, 4) is 0 Å². The summed E-state index contributed by atoms with van der Waals surface area (Å²) in [4.78, 5) is 0. The minimum absolute atomic E-state index is 0.370. The monoisotopic (exact) mass is 783 g/mol. The summed E-state index contributed by atoms with van der Waals surface area (Å²) in [6.07, 6.45) is 14.6. The maximum absolute atomic E-state index is 2.52. The molecule has 1 aliphatic rings. The number of hydrogen-bond acceptors (Lipinski definition) is 0. The molecule has 0 aliphatic heterocycles. The Morgan fingerprint density at radius 2 is 1.31 bits per heavy atom. The Balaban J connectivity index is 0.987. The molecule has 1 unspecified atom stereocenters. The van der Waals surface area contributed by atoms with Gasteiger partial charge in [0.05, 0.1) is 0 Å². The normalized spacial score (nSPS) is 13.7. The van der Waals surface area contributed by atoms with E-state index in [4.69, 9.17) is 0 Å². The van der Waals surface area contributed by atoms with Gasteiger partial charge in [-0.3, -0.25) is 0 Å². The van der Waals surface area contributed by atoms with Gasteiger partial charge < -0.3 is 4.57 Å². The largest absolute Gasteiger partial charge is 0.341 e. The number of fused-ring (bicyclic) bond motifs is 4. The van der Waals surface area contributed by atoms with E-state index in [1.807, 2.05) is 0 Å². The van der Waals surface area contributed by atoms with Crippen molar-refractivity contribution in [2.24, 2.45) is 0 Å². The summed E-state index contributed by atoms with van der Waals surface area (Å²) in [5, 5.41) is 12.1. The van der Waals surface area contributed by atoms with E-state index in [0.717, 1.165) is 38.6 Å². The number of aryl methyl sites for hydroxylation is 2. The van der Waals surface area contributed by atoms with E-state index in [9.17, 15) is 0 Å². The predicted molar refractivity (Wildman–Crippen MR) is 263 cm³/mol. The minimum Gasteiger partial charge on any atom is -0.341 e. The standard InChI is InChI=1S/C60H49N/c1-2-61-57-25-13-22-48(51(37-42-16-7-4-8-17-42)39-49-23-11-19-44-18-9-10-24-52(44)49)40-56(57)55-38-43(27-35-58(55)61)26-28-50(36-41-14-5-3-6-15-41)53-33-31-47-30-29-45-20-12-21-46-32-34-54(53)60(47)59(45)46/h3-21,23-25,27,29-35,37-38,40,50H,2,22,26,28,36,39H2,1H3. The molecule has 1 aromatic heterocycles. The zero-order chi connectivity index (χ0) is 40.7.